The highest BCUT2D eigenvalue weighted by molar-refractivity contribution is 7.89. The summed E-state index contributed by atoms with van der Waals surface area (Å²) in [4.78, 5) is 12.2. The zero-order valence-electron chi connectivity index (χ0n) is 16.5. The Kier molecular flexibility index (Phi) is 6.54. The summed E-state index contributed by atoms with van der Waals surface area (Å²) in [5.74, 6) is -0.369. The predicted molar refractivity (Wildman–Crippen MR) is 107 cm³/mol. The lowest BCUT2D eigenvalue weighted by molar-refractivity contribution is -0.126. The first-order valence-corrected chi connectivity index (χ1v) is 10.9. The number of aryl methyl sites for hydroxylation is 1. The van der Waals surface area contributed by atoms with Gasteiger partial charge in [0.2, 0.25) is 15.9 Å². The number of hydrogen-bond acceptors (Lipinski definition) is 4. The van der Waals surface area contributed by atoms with Gasteiger partial charge in [0.05, 0.1) is 7.11 Å². The van der Waals surface area contributed by atoms with Crippen molar-refractivity contribution in [2.24, 2.45) is 5.92 Å². The van der Waals surface area contributed by atoms with Crippen molar-refractivity contribution < 1.29 is 22.3 Å². The molecule has 1 aliphatic rings. The van der Waals surface area contributed by atoms with Crippen LogP contribution in [0, 0.1) is 18.7 Å². The van der Waals surface area contributed by atoms with Crippen molar-refractivity contribution in [1.29, 1.82) is 0 Å². The van der Waals surface area contributed by atoms with Gasteiger partial charge in [0.25, 0.3) is 0 Å². The number of nitrogens with one attached hydrogen (secondary N) is 1. The first-order valence-electron chi connectivity index (χ1n) is 9.49. The maximum Gasteiger partial charge on any atom is 0.245 e. The van der Waals surface area contributed by atoms with Crippen LogP contribution in [0.4, 0.5) is 4.39 Å². The Hall–Kier alpha value is -2.45. The van der Waals surface area contributed by atoms with E-state index in [0.717, 1.165) is 22.9 Å². The van der Waals surface area contributed by atoms with Crippen LogP contribution in [0.1, 0.15) is 24.0 Å². The number of nitrogens with zero attached hydrogens (tertiary/aromatic N) is 1. The number of halogens is 1. The van der Waals surface area contributed by atoms with Gasteiger partial charge in [-0.3, -0.25) is 4.79 Å². The normalized spacial score (nSPS) is 15.8. The molecule has 1 saturated heterocycles. The predicted octanol–water partition coefficient (Wildman–Crippen LogP) is 2.86. The molecule has 29 heavy (non-hydrogen) atoms. The van der Waals surface area contributed by atoms with Crippen LogP contribution < -0.4 is 10.1 Å². The van der Waals surface area contributed by atoms with Crippen LogP contribution in [-0.4, -0.2) is 38.8 Å². The monoisotopic (exact) mass is 420 g/mol. The Balaban J connectivity index is 1.56. The van der Waals surface area contributed by atoms with E-state index in [1.807, 2.05) is 25.1 Å². The second-order valence-electron chi connectivity index (χ2n) is 7.13. The molecule has 0 aliphatic carbocycles. The van der Waals surface area contributed by atoms with Crippen molar-refractivity contribution >= 4 is 15.9 Å². The first kappa shape index (κ1) is 21.3. The van der Waals surface area contributed by atoms with E-state index in [4.69, 9.17) is 4.74 Å². The molecule has 3 rings (SSSR count). The molecule has 0 bridgehead atoms. The van der Waals surface area contributed by atoms with Crippen molar-refractivity contribution in [3.63, 3.8) is 0 Å². The fourth-order valence-corrected chi connectivity index (χ4v) is 4.99. The van der Waals surface area contributed by atoms with Gasteiger partial charge >= 0.3 is 0 Å². The van der Waals surface area contributed by atoms with E-state index in [1.165, 1.54) is 22.5 Å². The van der Waals surface area contributed by atoms with Crippen molar-refractivity contribution in [3.05, 3.63) is 59.4 Å². The number of rotatable bonds is 6. The summed E-state index contributed by atoms with van der Waals surface area (Å²) < 4.78 is 45.8. The van der Waals surface area contributed by atoms with Crippen molar-refractivity contribution in [2.75, 3.05) is 20.2 Å². The van der Waals surface area contributed by atoms with Crippen molar-refractivity contribution in [1.82, 2.24) is 9.62 Å². The molecule has 1 aliphatic heterocycles. The highest BCUT2D eigenvalue weighted by atomic mass is 32.2. The zero-order valence-corrected chi connectivity index (χ0v) is 17.3. The first-order chi connectivity index (χ1) is 13.8. The van der Waals surface area contributed by atoms with Gasteiger partial charge in [0, 0.05) is 25.6 Å². The highest BCUT2D eigenvalue weighted by Gasteiger charge is 2.33. The molecule has 2 aromatic carbocycles. The van der Waals surface area contributed by atoms with Crippen LogP contribution in [0.25, 0.3) is 0 Å². The minimum absolute atomic E-state index is 0.104. The van der Waals surface area contributed by atoms with E-state index in [9.17, 15) is 17.6 Å². The lowest BCUT2D eigenvalue weighted by Gasteiger charge is -2.30. The number of piperidine rings is 1. The largest absolute Gasteiger partial charge is 0.496 e. The van der Waals surface area contributed by atoms with E-state index < -0.39 is 15.8 Å². The van der Waals surface area contributed by atoms with Crippen LogP contribution in [0.2, 0.25) is 0 Å². The number of sulfonamides is 1. The fraction of sp³-hybridized carbons (Fsp3) is 0.381. The van der Waals surface area contributed by atoms with Gasteiger partial charge in [-0.2, -0.15) is 4.31 Å². The Morgan fingerprint density at radius 2 is 1.90 bits per heavy atom. The number of benzene rings is 2. The molecule has 156 valence electrons. The molecule has 0 radical (unpaired) electrons. The molecule has 1 fully saturated rings. The van der Waals surface area contributed by atoms with Crippen LogP contribution in [-0.2, 0) is 21.4 Å². The van der Waals surface area contributed by atoms with E-state index >= 15 is 0 Å². The van der Waals surface area contributed by atoms with Crippen LogP contribution >= 0.6 is 0 Å². The molecule has 1 N–H and O–H groups in total. The average Bonchev–Trinajstić information content (AvgIpc) is 2.73. The summed E-state index contributed by atoms with van der Waals surface area (Å²) in [7, 11) is -2.29. The molecule has 2 aromatic rings. The summed E-state index contributed by atoms with van der Waals surface area (Å²) in [6.07, 6.45) is 0.799. The van der Waals surface area contributed by atoms with Crippen LogP contribution in [0.15, 0.2) is 47.4 Å². The van der Waals surface area contributed by atoms with Crippen LogP contribution in [0.5, 0.6) is 5.75 Å². The number of hydrogen-bond donors (Lipinski definition) is 1. The lowest BCUT2D eigenvalue weighted by atomic mass is 9.97. The fourth-order valence-electron chi connectivity index (χ4n) is 3.46. The van der Waals surface area contributed by atoms with E-state index in [-0.39, 0.29) is 29.8 Å². The molecule has 0 atom stereocenters. The third kappa shape index (κ3) is 4.76. The topological polar surface area (TPSA) is 75.7 Å². The standard InChI is InChI=1S/C21H25FN2O4S/c1-15-7-8-16(13-19(15)28-2)14-23-21(25)17-9-11-24(12-10-17)29(26,27)20-6-4-3-5-18(20)22/h3-8,13,17H,9-12,14H2,1-2H3,(H,23,25). The molecule has 0 aromatic heterocycles. The minimum atomic E-state index is -3.90. The number of ether oxygens (including phenoxy) is 1. The molecule has 0 saturated carbocycles. The number of methoxy groups -OCH3 is 1. The maximum absolute atomic E-state index is 13.9. The van der Waals surface area contributed by atoms with Crippen LogP contribution in [0.3, 0.4) is 0 Å². The molecular formula is C21H25FN2O4S. The summed E-state index contributed by atoms with van der Waals surface area (Å²) in [5, 5.41) is 2.91. The zero-order chi connectivity index (χ0) is 21.0. The minimum Gasteiger partial charge on any atom is -0.496 e. The van der Waals surface area contributed by atoms with Gasteiger partial charge in [0.15, 0.2) is 0 Å². The lowest BCUT2D eigenvalue weighted by Crippen LogP contribution is -2.43. The number of amides is 1. The van der Waals surface area contributed by atoms with Crippen molar-refractivity contribution in [3.8, 4) is 5.75 Å². The van der Waals surface area contributed by atoms with Gasteiger partial charge in [-0.05, 0) is 49.1 Å². The van der Waals surface area contributed by atoms with E-state index in [1.54, 1.807) is 7.11 Å². The van der Waals surface area contributed by atoms with Gasteiger partial charge in [-0.15, -0.1) is 0 Å². The Morgan fingerprint density at radius 1 is 1.21 bits per heavy atom. The summed E-state index contributed by atoms with van der Waals surface area (Å²) in [6.45, 7) is 2.70. The van der Waals surface area contributed by atoms with E-state index in [2.05, 4.69) is 5.32 Å². The summed E-state index contributed by atoms with van der Waals surface area (Å²) >= 11 is 0. The number of carbonyl (C=O) groups excluding carboxylic acids is 1. The van der Waals surface area contributed by atoms with Crippen molar-refractivity contribution in [2.45, 2.75) is 31.2 Å². The smallest absolute Gasteiger partial charge is 0.245 e. The molecule has 1 amide bonds. The third-order valence-electron chi connectivity index (χ3n) is 5.22. The molecule has 1 heterocycles. The van der Waals surface area contributed by atoms with E-state index in [0.29, 0.717) is 19.4 Å². The summed E-state index contributed by atoms with van der Waals surface area (Å²) in [5.41, 5.74) is 1.95. The number of carbonyl (C=O) groups is 1. The molecule has 0 unspecified atom stereocenters. The van der Waals surface area contributed by atoms with Gasteiger partial charge in [-0.1, -0.05) is 24.3 Å². The average molecular weight is 421 g/mol. The molecule has 0 spiro atoms. The molecule has 8 heteroatoms. The highest BCUT2D eigenvalue weighted by Crippen LogP contribution is 2.25. The Morgan fingerprint density at radius 3 is 2.55 bits per heavy atom. The maximum atomic E-state index is 13.9. The van der Waals surface area contributed by atoms with Gasteiger partial charge in [0.1, 0.15) is 16.5 Å². The second-order valence-corrected chi connectivity index (χ2v) is 9.04. The summed E-state index contributed by atoms with van der Waals surface area (Å²) in [6, 6.07) is 11.1. The molecular weight excluding hydrogens is 395 g/mol. The quantitative estimate of drug-likeness (QED) is 0.780. The molecule has 6 nitrogen and oxygen atoms in total. The van der Waals surface area contributed by atoms with Gasteiger partial charge < -0.3 is 10.1 Å². The third-order valence-corrected chi connectivity index (χ3v) is 7.15. The Bertz CT molecular complexity index is 986. The van der Waals surface area contributed by atoms with Gasteiger partial charge in [-0.25, -0.2) is 12.8 Å². The second kappa shape index (κ2) is 8.92. The SMILES string of the molecule is COc1cc(CNC(=O)C2CCN(S(=O)(=O)c3ccccc3F)CC2)ccc1C. The Labute approximate surface area is 170 Å².